The van der Waals surface area contributed by atoms with Crippen LogP contribution in [0.2, 0.25) is 0 Å². The number of carboxylic acids is 1. The van der Waals surface area contributed by atoms with Gasteiger partial charge >= 0.3 is 5.97 Å². The Bertz CT molecular complexity index is 1110. The molecule has 2 atom stereocenters. The molecule has 0 amide bonds. The third-order valence-electron chi connectivity index (χ3n) is 5.78. The van der Waals surface area contributed by atoms with Crippen LogP contribution in [0.1, 0.15) is 59.2 Å². The van der Waals surface area contributed by atoms with Crippen LogP contribution in [0.3, 0.4) is 0 Å². The van der Waals surface area contributed by atoms with Crippen molar-refractivity contribution in [3.05, 3.63) is 68.1 Å². The van der Waals surface area contributed by atoms with Crippen LogP contribution in [0.15, 0.2) is 40.3 Å². The summed E-state index contributed by atoms with van der Waals surface area (Å²) in [4.78, 5) is 24.2. The standard InChI is InChI=1S/C22H21Cl2NO3/c1-3-14-18(23)8-13(9-19(14)24)15-6-7-25-20(11(15)2)16(12-4-5-12)10-17(21(25)26)22(27)28/h6-10,12,14,18H,3-5H2,1-2H3,(H,27,28). The van der Waals surface area contributed by atoms with Crippen molar-refractivity contribution in [2.75, 3.05) is 0 Å². The van der Waals surface area contributed by atoms with Gasteiger partial charge in [-0.1, -0.05) is 24.6 Å². The number of allylic oxidation sites excluding steroid dienone is 4. The fourth-order valence-corrected chi connectivity index (χ4v) is 5.02. The highest BCUT2D eigenvalue weighted by Crippen LogP contribution is 2.44. The van der Waals surface area contributed by atoms with E-state index in [0.717, 1.165) is 52.1 Å². The van der Waals surface area contributed by atoms with E-state index in [1.807, 2.05) is 25.1 Å². The Hall–Kier alpha value is -2.04. The van der Waals surface area contributed by atoms with E-state index in [4.69, 9.17) is 23.2 Å². The Morgan fingerprint density at radius 3 is 2.64 bits per heavy atom. The van der Waals surface area contributed by atoms with Gasteiger partial charge in [-0.3, -0.25) is 9.20 Å². The zero-order valence-corrected chi connectivity index (χ0v) is 17.2. The minimum Gasteiger partial charge on any atom is -0.477 e. The summed E-state index contributed by atoms with van der Waals surface area (Å²) >= 11 is 13.0. The Kier molecular flexibility index (Phi) is 4.88. The SMILES string of the molecule is CCC1C(Cl)=CC(c2ccn3c(=O)c(C(=O)O)cc(C4CC4)c3c2C)=CC1Cl. The van der Waals surface area contributed by atoms with Crippen LogP contribution in [0.5, 0.6) is 0 Å². The van der Waals surface area contributed by atoms with Crippen LogP contribution in [0.4, 0.5) is 0 Å². The summed E-state index contributed by atoms with van der Waals surface area (Å²) in [7, 11) is 0. The second-order valence-electron chi connectivity index (χ2n) is 7.58. The fraction of sp³-hybridized carbons (Fsp3) is 0.364. The van der Waals surface area contributed by atoms with Gasteiger partial charge in [0.1, 0.15) is 5.56 Å². The largest absolute Gasteiger partial charge is 0.477 e. The van der Waals surface area contributed by atoms with Crippen molar-refractivity contribution in [2.45, 2.75) is 44.4 Å². The molecule has 1 saturated carbocycles. The summed E-state index contributed by atoms with van der Waals surface area (Å²) in [5, 5.41) is 9.98. The highest BCUT2D eigenvalue weighted by molar-refractivity contribution is 6.32. The lowest BCUT2D eigenvalue weighted by atomic mass is 9.88. The molecular weight excluding hydrogens is 397 g/mol. The molecule has 4 nitrogen and oxygen atoms in total. The molecule has 0 radical (unpaired) electrons. The molecule has 28 heavy (non-hydrogen) atoms. The average molecular weight is 418 g/mol. The van der Waals surface area contributed by atoms with Gasteiger partial charge in [-0.15, -0.1) is 11.6 Å². The second-order valence-corrected chi connectivity index (χ2v) is 8.52. The van der Waals surface area contributed by atoms with Crippen LogP contribution in [-0.2, 0) is 0 Å². The number of hydrogen-bond acceptors (Lipinski definition) is 2. The Balaban J connectivity index is 1.96. The van der Waals surface area contributed by atoms with E-state index >= 15 is 0 Å². The molecule has 1 N–H and O–H groups in total. The quantitative estimate of drug-likeness (QED) is 0.683. The Morgan fingerprint density at radius 2 is 2.07 bits per heavy atom. The second kappa shape index (κ2) is 7.09. The topological polar surface area (TPSA) is 58.8 Å². The molecule has 2 aliphatic rings. The predicted molar refractivity (Wildman–Crippen MR) is 113 cm³/mol. The predicted octanol–water partition coefficient (Wildman–Crippen LogP) is 5.34. The number of carbonyl (C=O) groups is 1. The molecule has 1 fully saturated rings. The highest BCUT2D eigenvalue weighted by Gasteiger charge is 2.30. The minimum atomic E-state index is -1.19. The molecule has 0 saturated heterocycles. The number of alkyl halides is 1. The molecular formula is C22H21Cl2NO3. The van der Waals surface area contributed by atoms with Gasteiger partial charge in [0.2, 0.25) is 0 Å². The van der Waals surface area contributed by atoms with Crippen LogP contribution in [-0.4, -0.2) is 20.9 Å². The lowest BCUT2D eigenvalue weighted by Gasteiger charge is -2.24. The summed E-state index contributed by atoms with van der Waals surface area (Å²) in [6.07, 6.45) is 8.51. The van der Waals surface area contributed by atoms with Gasteiger partial charge in [-0.25, -0.2) is 4.79 Å². The smallest absolute Gasteiger partial charge is 0.341 e. The maximum Gasteiger partial charge on any atom is 0.341 e. The summed E-state index contributed by atoms with van der Waals surface area (Å²) < 4.78 is 1.47. The van der Waals surface area contributed by atoms with Crippen molar-refractivity contribution in [1.82, 2.24) is 4.40 Å². The maximum atomic E-state index is 12.7. The Morgan fingerprint density at radius 1 is 1.36 bits per heavy atom. The zero-order valence-electron chi connectivity index (χ0n) is 15.7. The molecule has 2 aliphatic carbocycles. The molecule has 2 aromatic heterocycles. The van der Waals surface area contributed by atoms with Crippen molar-refractivity contribution in [2.24, 2.45) is 5.92 Å². The van der Waals surface area contributed by atoms with Crippen LogP contribution in [0.25, 0.3) is 11.1 Å². The molecule has 0 aliphatic heterocycles. The van der Waals surface area contributed by atoms with Crippen LogP contribution < -0.4 is 5.56 Å². The number of aromatic carboxylic acids is 1. The van der Waals surface area contributed by atoms with Gasteiger partial charge < -0.3 is 5.11 Å². The van der Waals surface area contributed by atoms with Crippen molar-refractivity contribution in [3.8, 4) is 0 Å². The molecule has 2 heterocycles. The third-order valence-corrected chi connectivity index (χ3v) is 6.60. The number of aromatic nitrogens is 1. The van der Waals surface area contributed by atoms with E-state index in [-0.39, 0.29) is 16.9 Å². The molecule has 0 spiro atoms. The van der Waals surface area contributed by atoms with Gasteiger partial charge in [0.25, 0.3) is 5.56 Å². The molecule has 2 unspecified atom stereocenters. The number of aryl methyl sites for hydroxylation is 1. The molecule has 6 heteroatoms. The zero-order chi connectivity index (χ0) is 20.2. The first-order valence-corrected chi connectivity index (χ1v) is 10.3. The summed E-state index contributed by atoms with van der Waals surface area (Å²) in [6.45, 7) is 4.03. The first-order valence-electron chi connectivity index (χ1n) is 9.49. The minimum absolute atomic E-state index is 0.107. The van der Waals surface area contributed by atoms with E-state index in [1.165, 1.54) is 4.40 Å². The lowest BCUT2D eigenvalue weighted by molar-refractivity contribution is 0.0694. The van der Waals surface area contributed by atoms with Gasteiger partial charge in [0.05, 0.1) is 10.9 Å². The summed E-state index contributed by atoms with van der Waals surface area (Å²) in [5.41, 5.74) is 3.87. The number of pyridine rings is 2. The fourth-order valence-electron chi connectivity index (χ4n) is 4.10. The average Bonchev–Trinajstić information content (AvgIpc) is 3.47. The van der Waals surface area contributed by atoms with Crippen molar-refractivity contribution >= 4 is 40.3 Å². The number of fused-ring (bicyclic) bond motifs is 1. The van der Waals surface area contributed by atoms with Crippen molar-refractivity contribution in [3.63, 3.8) is 0 Å². The van der Waals surface area contributed by atoms with Crippen LogP contribution in [0, 0.1) is 12.8 Å². The molecule has 4 rings (SSSR count). The van der Waals surface area contributed by atoms with E-state index in [1.54, 1.807) is 12.3 Å². The highest BCUT2D eigenvalue weighted by atomic mass is 35.5. The number of nitrogens with zero attached hydrogens (tertiary/aromatic N) is 1. The Labute approximate surface area is 173 Å². The van der Waals surface area contributed by atoms with Gasteiger partial charge in [-0.05, 0) is 72.6 Å². The number of halogens is 2. The monoisotopic (exact) mass is 417 g/mol. The number of hydrogen-bond donors (Lipinski definition) is 1. The molecule has 0 aromatic carbocycles. The lowest BCUT2D eigenvalue weighted by Crippen LogP contribution is -2.24. The van der Waals surface area contributed by atoms with Crippen molar-refractivity contribution < 1.29 is 9.90 Å². The normalized spacial score (nSPS) is 22.1. The molecule has 146 valence electrons. The van der Waals surface area contributed by atoms with E-state index in [0.29, 0.717) is 5.92 Å². The van der Waals surface area contributed by atoms with E-state index < -0.39 is 11.5 Å². The van der Waals surface area contributed by atoms with Crippen molar-refractivity contribution in [1.29, 1.82) is 0 Å². The third kappa shape index (κ3) is 3.09. The molecule has 2 aromatic rings. The van der Waals surface area contributed by atoms with Gasteiger partial charge in [-0.2, -0.15) is 0 Å². The van der Waals surface area contributed by atoms with Gasteiger partial charge in [0.15, 0.2) is 0 Å². The maximum absolute atomic E-state index is 12.7. The number of rotatable bonds is 4. The van der Waals surface area contributed by atoms with E-state index in [2.05, 4.69) is 6.92 Å². The molecule has 0 bridgehead atoms. The summed E-state index contributed by atoms with van der Waals surface area (Å²) in [6, 6.07) is 3.40. The first kappa shape index (κ1) is 19.3. The van der Waals surface area contributed by atoms with Gasteiger partial charge in [0, 0.05) is 17.1 Å². The summed E-state index contributed by atoms with van der Waals surface area (Å²) in [5.74, 6) is -0.786. The van der Waals surface area contributed by atoms with E-state index in [9.17, 15) is 14.7 Å². The van der Waals surface area contributed by atoms with Crippen LogP contribution >= 0.6 is 23.2 Å². The number of carboxylic acid groups (broad SMARTS) is 1. The first-order chi connectivity index (χ1) is 13.3.